The molecule has 1 aliphatic carbocycles. The van der Waals surface area contributed by atoms with Crippen molar-refractivity contribution in [2.75, 3.05) is 0 Å². The lowest BCUT2D eigenvalue weighted by molar-refractivity contribution is 0.352. The summed E-state index contributed by atoms with van der Waals surface area (Å²) in [6, 6.07) is 4.36. The lowest BCUT2D eigenvalue weighted by Crippen LogP contribution is -2.15. The van der Waals surface area contributed by atoms with Crippen molar-refractivity contribution in [3.05, 3.63) is 0 Å². The Kier molecular flexibility index (Phi) is 2.29. The summed E-state index contributed by atoms with van der Waals surface area (Å²) in [5, 5.41) is 17.2. The minimum Gasteiger partial charge on any atom is -0.198 e. The van der Waals surface area contributed by atoms with Gasteiger partial charge in [-0.05, 0) is 12.8 Å². The summed E-state index contributed by atoms with van der Waals surface area (Å²) in [6.45, 7) is 0. The summed E-state index contributed by atoms with van der Waals surface area (Å²) in [6.07, 6.45) is 4.09. The van der Waals surface area contributed by atoms with Gasteiger partial charge in [-0.2, -0.15) is 10.5 Å². The van der Waals surface area contributed by atoms with Gasteiger partial charge in [0, 0.05) is 0 Å². The van der Waals surface area contributed by atoms with E-state index in [0.29, 0.717) is 0 Å². The van der Waals surface area contributed by atoms with E-state index in [0.717, 1.165) is 25.7 Å². The molecule has 1 rings (SSSR count). The Morgan fingerprint density at radius 3 is 1.60 bits per heavy atom. The van der Waals surface area contributed by atoms with E-state index in [1.54, 1.807) is 0 Å². The van der Waals surface area contributed by atoms with Crippen LogP contribution in [0.4, 0.5) is 0 Å². The molecule has 0 N–H and O–H groups in total. The van der Waals surface area contributed by atoms with Crippen LogP contribution < -0.4 is 0 Å². The SMILES string of the molecule is N#C[C@@H]1CCCC[C@H]1C#N. The van der Waals surface area contributed by atoms with Gasteiger partial charge in [-0.25, -0.2) is 0 Å². The van der Waals surface area contributed by atoms with Crippen molar-refractivity contribution < 1.29 is 0 Å². The van der Waals surface area contributed by atoms with Crippen molar-refractivity contribution in [3.63, 3.8) is 0 Å². The molecule has 52 valence electrons. The summed E-state index contributed by atoms with van der Waals surface area (Å²) in [4.78, 5) is 0. The molecule has 0 amide bonds. The predicted molar refractivity (Wildman–Crippen MR) is 36.7 cm³/mol. The number of rotatable bonds is 0. The molecule has 0 unspecified atom stereocenters. The van der Waals surface area contributed by atoms with Crippen LogP contribution in [-0.4, -0.2) is 0 Å². The highest BCUT2D eigenvalue weighted by molar-refractivity contribution is 4.99. The van der Waals surface area contributed by atoms with E-state index in [1.807, 2.05) is 0 Å². The van der Waals surface area contributed by atoms with Gasteiger partial charge in [-0.3, -0.25) is 0 Å². The van der Waals surface area contributed by atoms with Crippen LogP contribution in [0.25, 0.3) is 0 Å². The van der Waals surface area contributed by atoms with Crippen molar-refractivity contribution in [2.45, 2.75) is 25.7 Å². The molecule has 0 radical (unpaired) electrons. The molecular formula is C8H10N2. The summed E-state index contributed by atoms with van der Waals surface area (Å²) in [7, 11) is 0. The number of hydrogen-bond donors (Lipinski definition) is 0. The van der Waals surface area contributed by atoms with Gasteiger partial charge in [0.25, 0.3) is 0 Å². The summed E-state index contributed by atoms with van der Waals surface area (Å²) >= 11 is 0. The number of nitriles is 2. The van der Waals surface area contributed by atoms with Gasteiger partial charge in [0.1, 0.15) is 0 Å². The highest BCUT2D eigenvalue weighted by Gasteiger charge is 2.23. The molecule has 1 saturated carbocycles. The smallest absolute Gasteiger partial charge is 0.0669 e. The Balaban J connectivity index is 2.54. The molecule has 0 aromatic rings. The Labute approximate surface area is 61.1 Å². The Hall–Kier alpha value is -1.02. The van der Waals surface area contributed by atoms with Gasteiger partial charge in [0.05, 0.1) is 24.0 Å². The molecule has 0 bridgehead atoms. The number of nitrogens with zero attached hydrogens (tertiary/aromatic N) is 2. The zero-order chi connectivity index (χ0) is 7.40. The van der Waals surface area contributed by atoms with Crippen LogP contribution >= 0.6 is 0 Å². The van der Waals surface area contributed by atoms with Gasteiger partial charge in [-0.1, -0.05) is 12.8 Å². The van der Waals surface area contributed by atoms with Crippen LogP contribution in [-0.2, 0) is 0 Å². The van der Waals surface area contributed by atoms with Crippen molar-refractivity contribution in [1.82, 2.24) is 0 Å². The Morgan fingerprint density at radius 2 is 1.30 bits per heavy atom. The molecule has 10 heavy (non-hydrogen) atoms. The van der Waals surface area contributed by atoms with Gasteiger partial charge >= 0.3 is 0 Å². The van der Waals surface area contributed by atoms with E-state index < -0.39 is 0 Å². The molecule has 0 aromatic carbocycles. The first-order chi connectivity index (χ1) is 4.88. The third-order valence-corrected chi connectivity index (χ3v) is 2.10. The molecule has 2 atom stereocenters. The monoisotopic (exact) mass is 134 g/mol. The first kappa shape index (κ1) is 7.09. The first-order valence-electron chi connectivity index (χ1n) is 3.67. The van der Waals surface area contributed by atoms with E-state index in [2.05, 4.69) is 12.1 Å². The van der Waals surface area contributed by atoms with E-state index in [4.69, 9.17) is 10.5 Å². The third-order valence-electron chi connectivity index (χ3n) is 2.10. The van der Waals surface area contributed by atoms with E-state index in [1.165, 1.54) is 0 Å². The van der Waals surface area contributed by atoms with Crippen molar-refractivity contribution >= 4 is 0 Å². The van der Waals surface area contributed by atoms with Crippen LogP contribution in [0, 0.1) is 34.5 Å². The fourth-order valence-electron chi connectivity index (χ4n) is 1.44. The lowest BCUT2D eigenvalue weighted by atomic mass is 9.81. The summed E-state index contributed by atoms with van der Waals surface area (Å²) < 4.78 is 0. The highest BCUT2D eigenvalue weighted by Crippen LogP contribution is 2.28. The second-order valence-corrected chi connectivity index (χ2v) is 2.76. The normalized spacial score (nSPS) is 32.2. The minimum atomic E-state index is 0.0127. The average molecular weight is 134 g/mol. The third kappa shape index (κ3) is 1.28. The molecule has 0 aliphatic heterocycles. The molecular weight excluding hydrogens is 124 g/mol. The zero-order valence-electron chi connectivity index (χ0n) is 5.88. The largest absolute Gasteiger partial charge is 0.198 e. The lowest BCUT2D eigenvalue weighted by Gasteiger charge is -2.19. The van der Waals surface area contributed by atoms with Gasteiger partial charge in [0.15, 0.2) is 0 Å². The van der Waals surface area contributed by atoms with Crippen LogP contribution in [0.3, 0.4) is 0 Å². The van der Waals surface area contributed by atoms with Crippen LogP contribution in [0.1, 0.15) is 25.7 Å². The molecule has 0 spiro atoms. The standard InChI is InChI=1S/C8H10N2/c9-5-7-3-1-2-4-8(7)6-10/h7-8H,1-4H2/t7-,8-/m0/s1. The second kappa shape index (κ2) is 3.22. The second-order valence-electron chi connectivity index (χ2n) is 2.76. The maximum atomic E-state index is 8.59. The van der Waals surface area contributed by atoms with Crippen molar-refractivity contribution in [2.24, 2.45) is 11.8 Å². The topological polar surface area (TPSA) is 47.6 Å². The molecule has 1 aliphatic rings. The Morgan fingerprint density at radius 1 is 0.900 bits per heavy atom. The number of hydrogen-bond acceptors (Lipinski definition) is 2. The zero-order valence-corrected chi connectivity index (χ0v) is 5.88. The fourth-order valence-corrected chi connectivity index (χ4v) is 1.44. The van der Waals surface area contributed by atoms with Crippen molar-refractivity contribution in [3.8, 4) is 12.1 Å². The van der Waals surface area contributed by atoms with E-state index >= 15 is 0 Å². The average Bonchev–Trinajstić information content (AvgIpc) is 2.04. The van der Waals surface area contributed by atoms with Crippen LogP contribution in [0.5, 0.6) is 0 Å². The maximum Gasteiger partial charge on any atom is 0.0669 e. The Bertz CT molecular complexity index is 162. The van der Waals surface area contributed by atoms with Crippen LogP contribution in [0.15, 0.2) is 0 Å². The van der Waals surface area contributed by atoms with Gasteiger partial charge < -0.3 is 0 Å². The van der Waals surface area contributed by atoms with Crippen LogP contribution in [0.2, 0.25) is 0 Å². The molecule has 0 saturated heterocycles. The molecule has 0 heterocycles. The van der Waals surface area contributed by atoms with Crippen molar-refractivity contribution in [1.29, 1.82) is 10.5 Å². The minimum absolute atomic E-state index is 0.0127. The summed E-state index contributed by atoms with van der Waals surface area (Å²) in [5.41, 5.74) is 0. The first-order valence-corrected chi connectivity index (χ1v) is 3.67. The quantitative estimate of drug-likeness (QED) is 0.507. The van der Waals surface area contributed by atoms with Gasteiger partial charge in [0.2, 0.25) is 0 Å². The molecule has 1 fully saturated rings. The molecule has 2 nitrogen and oxygen atoms in total. The van der Waals surface area contributed by atoms with E-state index in [-0.39, 0.29) is 11.8 Å². The highest BCUT2D eigenvalue weighted by atomic mass is 14.4. The van der Waals surface area contributed by atoms with E-state index in [9.17, 15) is 0 Å². The molecule has 0 aromatic heterocycles. The maximum absolute atomic E-state index is 8.59. The fraction of sp³-hybridized carbons (Fsp3) is 0.750. The molecule has 2 heteroatoms. The predicted octanol–water partition coefficient (Wildman–Crippen LogP) is 1.84. The van der Waals surface area contributed by atoms with Gasteiger partial charge in [-0.15, -0.1) is 0 Å². The summed E-state index contributed by atoms with van der Waals surface area (Å²) in [5.74, 6) is 0.0255.